The van der Waals surface area contributed by atoms with Crippen molar-refractivity contribution in [2.75, 3.05) is 27.2 Å². The molecule has 0 bridgehead atoms. The quantitative estimate of drug-likeness (QED) is 0.852. The van der Waals surface area contributed by atoms with Crippen LogP contribution in [0.3, 0.4) is 0 Å². The van der Waals surface area contributed by atoms with Gasteiger partial charge < -0.3 is 9.80 Å². The van der Waals surface area contributed by atoms with Gasteiger partial charge in [0.15, 0.2) is 0 Å². The summed E-state index contributed by atoms with van der Waals surface area (Å²) in [7, 11) is 3.95. The van der Waals surface area contributed by atoms with Crippen LogP contribution in [0.4, 0.5) is 4.39 Å². The second kappa shape index (κ2) is 5.88. The van der Waals surface area contributed by atoms with E-state index in [-0.39, 0.29) is 17.5 Å². The van der Waals surface area contributed by atoms with Crippen molar-refractivity contribution in [2.45, 2.75) is 18.9 Å². The molecule has 3 nitrogen and oxygen atoms in total. The summed E-state index contributed by atoms with van der Waals surface area (Å²) in [5.41, 5.74) is 0.0677. The molecule has 0 aromatic heterocycles. The Hall–Kier alpha value is -1.13. The average molecular weight is 285 g/mol. The molecule has 1 aliphatic heterocycles. The Balaban J connectivity index is 2.20. The fourth-order valence-electron chi connectivity index (χ4n) is 2.53. The van der Waals surface area contributed by atoms with Crippen molar-refractivity contribution < 1.29 is 9.18 Å². The molecule has 0 saturated carbocycles. The van der Waals surface area contributed by atoms with Gasteiger partial charge in [0.25, 0.3) is 5.91 Å². The van der Waals surface area contributed by atoms with Crippen LogP contribution in [0, 0.1) is 5.82 Å². The van der Waals surface area contributed by atoms with Crippen LogP contribution in [0.2, 0.25) is 5.02 Å². The molecule has 1 unspecified atom stereocenters. The summed E-state index contributed by atoms with van der Waals surface area (Å²) in [6.45, 7) is 1.48. The third-order valence-electron chi connectivity index (χ3n) is 3.37. The van der Waals surface area contributed by atoms with Crippen molar-refractivity contribution in [2.24, 2.45) is 0 Å². The Kier molecular flexibility index (Phi) is 4.42. The number of benzene rings is 1. The van der Waals surface area contributed by atoms with Gasteiger partial charge in [-0.25, -0.2) is 4.39 Å². The largest absolute Gasteiger partial charge is 0.334 e. The molecular weight excluding hydrogens is 267 g/mol. The van der Waals surface area contributed by atoms with Crippen LogP contribution < -0.4 is 0 Å². The van der Waals surface area contributed by atoms with E-state index in [1.807, 2.05) is 19.0 Å². The van der Waals surface area contributed by atoms with Gasteiger partial charge in [-0.1, -0.05) is 11.6 Å². The van der Waals surface area contributed by atoms with Crippen LogP contribution in [0.25, 0.3) is 0 Å². The molecule has 1 saturated heterocycles. The van der Waals surface area contributed by atoms with E-state index in [4.69, 9.17) is 11.6 Å². The molecule has 19 heavy (non-hydrogen) atoms. The lowest BCUT2D eigenvalue weighted by atomic mass is 10.1. The molecule has 1 atom stereocenters. The zero-order valence-corrected chi connectivity index (χ0v) is 12.0. The van der Waals surface area contributed by atoms with Crippen LogP contribution in [0.1, 0.15) is 23.2 Å². The van der Waals surface area contributed by atoms with E-state index in [0.717, 1.165) is 19.4 Å². The normalized spacial score (nSPS) is 19.2. The van der Waals surface area contributed by atoms with Gasteiger partial charge in [0.1, 0.15) is 5.82 Å². The molecule has 1 fully saturated rings. The number of likely N-dealkylation sites (tertiary alicyclic amines) is 1. The number of carbonyl (C=O) groups excluding carboxylic acids is 1. The summed E-state index contributed by atoms with van der Waals surface area (Å²) < 4.78 is 13.7. The highest BCUT2D eigenvalue weighted by atomic mass is 35.5. The first-order chi connectivity index (χ1) is 8.99. The van der Waals surface area contributed by atoms with Crippen molar-refractivity contribution >= 4 is 17.5 Å². The Labute approximate surface area is 117 Å². The topological polar surface area (TPSA) is 23.6 Å². The van der Waals surface area contributed by atoms with Crippen LogP contribution in [-0.2, 0) is 0 Å². The molecule has 0 aliphatic carbocycles. The zero-order valence-electron chi connectivity index (χ0n) is 11.2. The lowest BCUT2D eigenvalue weighted by Gasteiger charge is -2.27. The summed E-state index contributed by atoms with van der Waals surface area (Å²) in [6.07, 6.45) is 1.93. The SMILES string of the molecule is CN(C)CC1CCCN1C(=O)c1cc(Cl)ccc1F. The lowest BCUT2D eigenvalue weighted by molar-refractivity contribution is 0.0712. The second-order valence-corrected chi connectivity index (χ2v) is 5.62. The summed E-state index contributed by atoms with van der Waals surface area (Å²) in [6, 6.07) is 4.26. The highest BCUT2D eigenvalue weighted by Crippen LogP contribution is 2.23. The maximum Gasteiger partial charge on any atom is 0.257 e. The van der Waals surface area contributed by atoms with Crippen molar-refractivity contribution in [1.29, 1.82) is 0 Å². The fourth-order valence-corrected chi connectivity index (χ4v) is 2.70. The number of hydrogen-bond donors (Lipinski definition) is 0. The van der Waals surface area contributed by atoms with Gasteiger partial charge in [0.2, 0.25) is 0 Å². The van der Waals surface area contributed by atoms with E-state index in [0.29, 0.717) is 11.6 Å². The van der Waals surface area contributed by atoms with Crippen molar-refractivity contribution in [3.8, 4) is 0 Å². The molecule has 0 N–H and O–H groups in total. The summed E-state index contributed by atoms with van der Waals surface area (Å²) in [5, 5.41) is 0.383. The van der Waals surface area contributed by atoms with Gasteiger partial charge >= 0.3 is 0 Å². The predicted octanol–water partition coefficient (Wildman–Crippen LogP) is 2.65. The summed E-state index contributed by atoms with van der Waals surface area (Å²) in [5.74, 6) is -0.769. The molecule has 1 amide bonds. The van der Waals surface area contributed by atoms with Crippen molar-refractivity contribution in [3.63, 3.8) is 0 Å². The molecule has 1 aromatic rings. The molecule has 2 rings (SSSR count). The minimum Gasteiger partial charge on any atom is -0.334 e. The number of nitrogens with zero attached hydrogens (tertiary/aromatic N) is 2. The molecule has 0 spiro atoms. The van der Waals surface area contributed by atoms with Gasteiger partial charge in [0, 0.05) is 24.2 Å². The van der Waals surface area contributed by atoms with E-state index in [1.54, 1.807) is 4.90 Å². The third kappa shape index (κ3) is 3.25. The van der Waals surface area contributed by atoms with Gasteiger partial charge in [-0.2, -0.15) is 0 Å². The molecule has 1 aliphatic rings. The standard InChI is InChI=1S/C14H18ClFN2O/c1-17(2)9-11-4-3-7-18(11)14(19)12-8-10(15)5-6-13(12)16/h5-6,8,11H,3-4,7,9H2,1-2H3. The zero-order chi connectivity index (χ0) is 14.0. The maximum absolute atomic E-state index is 13.7. The second-order valence-electron chi connectivity index (χ2n) is 5.18. The average Bonchev–Trinajstić information content (AvgIpc) is 2.78. The number of halogens is 2. The van der Waals surface area contributed by atoms with Crippen LogP contribution in [0.15, 0.2) is 18.2 Å². The molecule has 1 heterocycles. The van der Waals surface area contributed by atoms with Crippen LogP contribution in [-0.4, -0.2) is 48.9 Å². The smallest absolute Gasteiger partial charge is 0.257 e. The first-order valence-corrected chi connectivity index (χ1v) is 6.77. The maximum atomic E-state index is 13.7. The van der Waals surface area contributed by atoms with Crippen LogP contribution in [0.5, 0.6) is 0 Å². The van der Waals surface area contributed by atoms with E-state index in [1.165, 1.54) is 18.2 Å². The Morgan fingerprint density at radius 3 is 2.95 bits per heavy atom. The molecule has 0 radical (unpaired) electrons. The predicted molar refractivity (Wildman–Crippen MR) is 74.0 cm³/mol. The van der Waals surface area contributed by atoms with E-state index in [9.17, 15) is 9.18 Å². The molecular formula is C14H18ClFN2O. The Morgan fingerprint density at radius 1 is 1.53 bits per heavy atom. The summed E-state index contributed by atoms with van der Waals surface area (Å²) in [4.78, 5) is 16.2. The van der Waals surface area contributed by atoms with Crippen LogP contribution >= 0.6 is 11.6 Å². The Morgan fingerprint density at radius 2 is 2.26 bits per heavy atom. The van der Waals surface area contributed by atoms with Crippen molar-refractivity contribution in [1.82, 2.24) is 9.80 Å². The third-order valence-corrected chi connectivity index (χ3v) is 3.61. The number of likely N-dealkylation sites (N-methyl/N-ethyl adjacent to an activating group) is 1. The number of hydrogen-bond acceptors (Lipinski definition) is 2. The van der Waals surface area contributed by atoms with E-state index < -0.39 is 5.82 Å². The van der Waals surface area contributed by atoms with Crippen molar-refractivity contribution in [3.05, 3.63) is 34.6 Å². The molecule has 5 heteroatoms. The highest BCUT2D eigenvalue weighted by Gasteiger charge is 2.30. The van der Waals surface area contributed by atoms with E-state index in [2.05, 4.69) is 0 Å². The van der Waals surface area contributed by atoms with Gasteiger partial charge in [-0.05, 0) is 45.1 Å². The summed E-state index contributed by atoms with van der Waals surface area (Å²) >= 11 is 5.84. The lowest BCUT2D eigenvalue weighted by Crippen LogP contribution is -2.41. The fraction of sp³-hybridized carbons (Fsp3) is 0.500. The minimum absolute atomic E-state index is 0.0677. The number of amides is 1. The Bertz CT molecular complexity index is 479. The first-order valence-electron chi connectivity index (χ1n) is 6.40. The van der Waals surface area contributed by atoms with Gasteiger partial charge in [-0.3, -0.25) is 4.79 Å². The first kappa shape index (κ1) is 14.3. The number of carbonyl (C=O) groups is 1. The number of rotatable bonds is 3. The monoisotopic (exact) mass is 284 g/mol. The molecule has 104 valence electrons. The molecule has 1 aromatic carbocycles. The van der Waals surface area contributed by atoms with Gasteiger partial charge in [0.05, 0.1) is 5.56 Å². The van der Waals surface area contributed by atoms with E-state index >= 15 is 0 Å². The minimum atomic E-state index is -0.509. The van der Waals surface area contributed by atoms with Gasteiger partial charge in [-0.15, -0.1) is 0 Å². The highest BCUT2D eigenvalue weighted by molar-refractivity contribution is 6.31.